The van der Waals surface area contributed by atoms with Gasteiger partial charge in [0.15, 0.2) is 0 Å². The first-order valence-corrected chi connectivity index (χ1v) is 8.96. The number of carbonyl (C=O) groups excluding carboxylic acids is 1. The Hall–Kier alpha value is -1.30. The van der Waals surface area contributed by atoms with Gasteiger partial charge < -0.3 is 5.32 Å². The van der Waals surface area contributed by atoms with E-state index in [0.717, 1.165) is 16.7 Å². The molecule has 2 rings (SSSR count). The zero-order chi connectivity index (χ0) is 15.9. The molecule has 0 radical (unpaired) electrons. The van der Waals surface area contributed by atoms with Crippen molar-refractivity contribution in [1.82, 2.24) is 4.90 Å². The van der Waals surface area contributed by atoms with Gasteiger partial charge in [-0.3, -0.25) is 9.69 Å². The third-order valence-electron chi connectivity index (χ3n) is 3.17. The highest BCUT2D eigenvalue weighted by molar-refractivity contribution is 9.10. The summed E-state index contributed by atoms with van der Waals surface area (Å²) < 4.78 is 0.888. The summed E-state index contributed by atoms with van der Waals surface area (Å²) in [6, 6.07) is 16.0. The predicted octanol–water partition coefficient (Wildman–Crippen LogP) is 4.24. The molecule has 0 heterocycles. The molecule has 0 saturated heterocycles. The Kier molecular flexibility index (Phi) is 6.49. The molecule has 116 valence electrons. The Morgan fingerprint density at radius 1 is 1.18 bits per heavy atom. The van der Waals surface area contributed by atoms with Gasteiger partial charge in [-0.05, 0) is 59.1 Å². The number of nitrogens with one attached hydrogen (secondary N) is 1. The number of para-hydroxylation sites is 1. The maximum Gasteiger partial charge on any atom is 0.238 e. The minimum absolute atomic E-state index is 0.0184. The molecule has 0 fully saturated rings. The number of likely N-dealkylation sites (N-methyl/N-ethyl adjacent to an activating group) is 1. The molecular formula is C17H19BrN2OS. The molecule has 0 aliphatic carbocycles. The molecule has 0 unspecified atom stereocenters. The van der Waals surface area contributed by atoms with Crippen molar-refractivity contribution in [3.63, 3.8) is 0 Å². The number of thioether (sulfide) groups is 1. The van der Waals surface area contributed by atoms with Crippen molar-refractivity contribution >= 4 is 39.3 Å². The Morgan fingerprint density at radius 2 is 1.86 bits per heavy atom. The van der Waals surface area contributed by atoms with Crippen molar-refractivity contribution in [3.05, 3.63) is 58.6 Å². The van der Waals surface area contributed by atoms with Crippen LogP contribution in [-0.2, 0) is 11.3 Å². The Morgan fingerprint density at radius 3 is 2.50 bits per heavy atom. The van der Waals surface area contributed by atoms with Crippen LogP contribution in [0.5, 0.6) is 0 Å². The second-order valence-electron chi connectivity index (χ2n) is 5.05. The zero-order valence-electron chi connectivity index (χ0n) is 12.7. The van der Waals surface area contributed by atoms with Gasteiger partial charge in [-0.25, -0.2) is 0 Å². The second kappa shape index (κ2) is 8.36. The van der Waals surface area contributed by atoms with E-state index in [4.69, 9.17) is 0 Å². The molecule has 0 aliphatic rings. The van der Waals surface area contributed by atoms with Gasteiger partial charge in [-0.15, -0.1) is 11.8 Å². The number of hydrogen-bond acceptors (Lipinski definition) is 3. The van der Waals surface area contributed by atoms with Crippen molar-refractivity contribution in [2.75, 3.05) is 25.2 Å². The average Bonchev–Trinajstić information content (AvgIpc) is 2.50. The summed E-state index contributed by atoms with van der Waals surface area (Å²) in [5.74, 6) is -0.0184. The fourth-order valence-electron chi connectivity index (χ4n) is 2.10. The monoisotopic (exact) mass is 378 g/mol. The lowest BCUT2D eigenvalue weighted by molar-refractivity contribution is -0.117. The van der Waals surface area contributed by atoms with Crippen LogP contribution in [-0.4, -0.2) is 30.7 Å². The summed E-state index contributed by atoms with van der Waals surface area (Å²) in [5.41, 5.74) is 2.00. The Bertz CT molecular complexity index is 631. The number of anilines is 1. The van der Waals surface area contributed by atoms with E-state index in [0.29, 0.717) is 6.54 Å². The highest BCUT2D eigenvalue weighted by Gasteiger charge is 2.09. The molecule has 0 bridgehead atoms. The van der Waals surface area contributed by atoms with E-state index in [-0.39, 0.29) is 5.91 Å². The summed E-state index contributed by atoms with van der Waals surface area (Å²) in [6.45, 7) is 1.10. The molecule has 1 N–H and O–H groups in total. The van der Waals surface area contributed by atoms with Gasteiger partial charge in [0.2, 0.25) is 5.91 Å². The van der Waals surface area contributed by atoms with Crippen molar-refractivity contribution in [1.29, 1.82) is 0 Å². The molecule has 0 saturated carbocycles. The smallest absolute Gasteiger partial charge is 0.238 e. The van der Waals surface area contributed by atoms with E-state index >= 15 is 0 Å². The first kappa shape index (κ1) is 17.1. The van der Waals surface area contributed by atoms with Gasteiger partial charge in [0, 0.05) is 15.9 Å². The summed E-state index contributed by atoms with van der Waals surface area (Å²) in [6.07, 6.45) is 2.06. The van der Waals surface area contributed by atoms with Crippen LogP contribution >= 0.6 is 27.7 Å². The predicted molar refractivity (Wildman–Crippen MR) is 97.3 cm³/mol. The van der Waals surface area contributed by atoms with Gasteiger partial charge in [-0.1, -0.05) is 24.3 Å². The molecule has 22 heavy (non-hydrogen) atoms. The fourth-order valence-corrected chi connectivity index (χ4v) is 2.89. The molecule has 0 aliphatic heterocycles. The van der Waals surface area contributed by atoms with E-state index in [2.05, 4.69) is 51.8 Å². The van der Waals surface area contributed by atoms with Crippen LogP contribution < -0.4 is 5.32 Å². The van der Waals surface area contributed by atoms with E-state index in [9.17, 15) is 4.79 Å². The van der Waals surface area contributed by atoms with Crippen LogP contribution in [0.25, 0.3) is 0 Å². The lowest BCUT2D eigenvalue weighted by atomic mass is 10.2. The Labute approximate surface area is 144 Å². The third kappa shape index (κ3) is 5.16. The van der Waals surface area contributed by atoms with Crippen LogP contribution in [0.3, 0.4) is 0 Å². The maximum absolute atomic E-state index is 12.1. The summed E-state index contributed by atoms with van der Waals surface area (Å²) in [7, 11) is 1.95. The Balaban J connectivity index is 1.87. The standard InChI is InChI=1S/C17H19BrN2OS/c1-20(11-13-7-9-14(22-2)10-8-13)12-17(21)19-16-6-4-3-5-15(16)18/h3-10H,11-12H2,1-2H3,(H,19,21). The number of hydrogen-bond donors (Lipinski definition) is 1. The fraction of sp³-hybridized carbons (Fsp3) is 0.235. The summed E-state index contributed by atoms with van der Waals surface area (Å²) in [4.78, 5) is 15.3. The van der Waals surface area contributed by atoms with Crippen molar-refractivity contribution in [2.24, 2.45) is 0 Å². The van der Waals surface area contributed by atoms with Crippen LogP contribution in [0.2, 0.25) is 0 Å². The van der Waals surface area contributed by atoms with E-state index in [1.54, 1.807) is 11.8 Å². The molecule has 3 nitrogen and oxygen atoms in total. The van der Waals surface area contributed by atoms with Crippen molar-refractivity contribution in [2.45, 2.75) is 11.4 Å². The quantitative estimate of drug-likeness (QED) is 0.762. The van der Waals surface area contributed by atoms with Gasteiger partial charge in [0.1, 0.15) is 0 Å². The van der Waals surface area contributed by atoms with Gasteiger partial charge in [-0.2, -0.15) is 0 Å². The number of carbonyl (C=O) groups is 1. The number of halogens is 1. The van der Waals surface area contributed by atoms with E-state index in [1.807, 2.05) is 36.2 Å². The molecule has 2 aromatic rings. The third-order valence-corrected chi connectivity index (χ3v) is 4.61. The number of amides is 1. The SMILES string of the molecule is CSc1ccc(CN(C)CC(=O)Nc2ccccc2Br)cc1. The minimum atomic E-state index is -0.0184. The lowest BCUT2D eigenvalue weighted by Gasteiger charge is -2.17. The van der Waals surface area contributed by atoms with Crippen LogP contribution in [0.15, 0.2) is 57.9 Å². The highest BCUT2D eigenvalue weighted by atomic mass is 79.9. The van der Waals surface area contributed by atoms with Crippen LogP contribution in [0, 0.1) is 0 Å². The first-order chi connectivity index (χ1) is 10.6. The number of benzene rings is 2. The van der Waals surface area contributed by atoms with Gasteiger partial charge in [0.25, 0.3) is 0 Å². The topological polar surface area (TPSA) is 32.3 Å². The molecule has 0 atom stereocenters. The van der Waals surface area contributed by atoms with Crippen molar-refractivity contribution < 1.29 is 4.79 Å². The number of nitrogens with zero attached hydrogens (tertiary/aromatic N) is 1. The molecule has 0 spiro atoms. The van der Waals surface area contributed by atoms with Gasteiger partial charge in [0.05, 0.1) is 12.2 Å². The number of rotatable bonds is 6. The minimum Gasteiger partial charge on any atom is -0.324 e. The normalized spacial score (nSPS) is 10.7. The second-order valence-corrected chi connectivity index (χ2v) is 6.78. The molecule has 0 aromatic heterocycles. The molecular weight excluding hydrogens is 360 g/mol. The first-order valence-electron chi connectivity index (χ1n) is 6.94. The van der Waals surface area contributed by atoms with Crippen molar-refractivity contribution in [3.8, 4) is 0 Å². The van der Waals surface area contributed by atoms with E-state index < -0.39 is 0 Å². The maximum atomic E-state index is 12.1. The molecule has 2 aromatic carbocycles. The van der Waals surface area contributed by atoms with E-state index in [1.165, 1.54) is 10.5 Å². The lowest BCUT2D eigenvalue weighted by Crippen LogP contribution is -2.29. The van der Waals surface area contributed by atoms with Crippen LogP contribution in [0.4, 0.5) is 5.69 Å². The average molecular weight is 379 g/mol. The van der Waals surface area contributed by atoms with Gasteiger partial charge >= 0.3 is 0 Å². The van der Waals surface area contributed by atoms with Crippen LogP contribution in [0.1, 0.15) is 5.56 Å². The molecule has 1 amide bonds. The summed E-state index contributed by atoms with van der Waals surface area (Å²) >= 11 is 5.16. The zero-order valence-corrected chi connectivity index (χ0v) is 15.1. The highest BCUT2D eigenvalue weighted by Crippen LogP contribution is 2.21. The summed E-state index contributed by atoms with van der Waals surface area (Å²) in [5, 5.41) is 2.91. The largest absolute Gasteiger partial charge is 0.324 e. The molecule has 5 heteroatoms.